The Balaban J connectivity index is 2.25. The third-order valence-corrected chi connectivity index (χ3v) is 2.70. The van der Waals surface area contributed by atoms with Gasteiger partial charge < -0.3 is 4.57 Å². The zero-order chi connectivity index (χ0) is 12.1. The number of rotatable bonds is 4. The normalized spacial score (nSPS) is 11.2. The summed E-state index contributed by atoms with van der Waals surface area (Å²) in [5.41, 5.74) is 2.20. The molecule has 1 aromatic heterocycles. The van der Waals surface area contributed by atoms with E-state index < -0.39 is 0 Å². The molecule has 88 valence electrons. The SMILES string of the molecule is CCC/C=C/c1nc(-c2ccccc2)cn1C. The summed E-state index contributed by atoms with van der Waals surface area (Å²) in [7, 11) is 2.03. The van der Waals surface area contributed by atoms with E-state index in [1.54, 1.807) is 0 Å². The van der Waals surface area contributed by atoms with Crippen LogP contribution in [-0.4, -0.2) is 9.55 Å². The third-order valence-electron chi connectivity index (χ3n) is 2.70. The van der Waals surface area contributed by atoms with E-state index in [0.717, 1.165) is 17.9 Å². The van der Waals surface area contributed by atoms with Crippen molar-refractivity contribution in [2.45, 2.75) is 19.8 Å². The topological polar surface area (TPSA) is 17.8 Å². The number of allylic oxidation sites excluding steroid dienone is 1. The van der Waals surface area contributed by atoms with Gasteiger partial charge in [-0.2, -0.15) is 0 Å². The minimum Gasteiger partial charge on any atom is -0.334 e. The number of benzene rings is 1. The highest BCUT2D eigenvalue weighted by Gasteiger charge is 2.03. The molecule has 0 spiro atoms. The number of hydrogen-bond acceptors (Lipinski definition) is 1. The van der Waals surface area contributed by atoms with Gasteiger partial charge in [0.1, 0.15) is 5.82 Å². The van der Waals surface area contributed by atoms with Crippen molar-refractivity contribution < 1.29 is 0 Å². The molecule has 0 aliphatic rings. The predicted molar refractivity (Wildman–Crippen MR) is 72.6 cm³/mol. The van der Waals surface area contributed by atoms with Crippen molar-refractivity contribution in [3.63, 3.8) is 0 Å². The van der Waals surface area contributed by atoms with E-state index in [0.29, 0.717) is 0 Å². The Morgan fingerprint density at radius 2 is 2.00 bits per heavy atom. The number of unbranched alkanes of at least 4 members (excludes halogenated alkanes) is 1. The largest absolute Gasteiger partial charge is 0.334 e. The summed E-state index contributed by atoms with van der Waals surface area (Å²) in [6, 6.07) is 10.3. The van der Waals surface area contributed by atoms with Crippen molar-refractivity contribution in [3.8, 4) is 11.3 Å². The van der Waals surface area contributed by atoms with Gasteiger partial charge >= 0.3 is 0 Å². The summed E-state index contributed by atoms with van der Waals surface area (Å²) in [6.07, 6.45) is 8.62. The Morgan fingerprint density at radius 3 is 2.71 bits per heavy atom. The summed E-state index contributed by atoms with van der Waals surface area (Å²) < 4.78 is 2.06. The van der Waals surface area contributed by atoms with Gasteiger partial charge in [-0.1, -0.05) is 49.8 Å². The molecule has 0 fully saturated rings. The lowest BCUT2D eigenvalue weighted by Crippen LogP contribution is -1.88. The predicted octanol–water partition coefficient (Wildman–Crippen LogP) is 3.90. The van der Waals surface area contributed by atoms with Crippen molar-refractivity contribution in [3.05, 3.63) is 48.4 Å². The van der Waals surface area contributed by atoms with Crippen molar-refractivity contribution in [2.24, 2.45) is 7.05 Å². The quantitative estimate of drug-likeness (QED) is 0.773. The molecule has 1 heterocycles. The minimum atomic E-state index is 1.01. The van der Waals surface area contributed by atoms with E-state index >= 15 is 0 Å². The highest BCUT2D eigenvalue weighted by atomic mass is 15.0. The molecule has 0 N–H and O–H groups in total. The van der Waals surface area contributed by atoms with E-state index in [2.05, 4.69) is 47.0 Å². The van der Waals surface area contributed by atoms with Crippen LogP contribution in [0, 0.1) is 0 Å². The zero-order valence-corrected chi connectivity index (χ0v) is 10.4. The number of nitrogens with zero attached hydrogens (tertiary/aromatic N) is 2. The second-order valence-corrected chi connectivity index (χ2v) is 4.15. The van der Waals surface area contributed by atoms with Crippen LogP contribution in [0.15, 0.2) is 42.6 Å². The van der Waals surface area contributed by atoms with Crippen molar-refractivity contribution >= 4 is 6.08 Å². The van der Waals surface area contributed by atoms with Gasteiger partial charge in [0.2, 0.25) is 0 Å². The molecule has 0 atom stereocenters. The van der Waals surface area contributed by atoms with Crippen LogP contribution in [0.4, 0.5) is 0 Å². The van der Waals surface area contributed by atoms with Crippen molar-refractivity contribution in [1.29, 1.82) is 0 Å². The fraction of sp³-hybridized carbons (Fsp3) is 0.267. The summed E-state index contributed by atoms with van der Waals surface area (Å²) in [5.74, 6) is 1.01. The molecule has 17 heavy (non-hydrogen) atoms. The van der Waals surface area contributed by atoms with E-state index in [-0.39, 0.29) is 0 Å². The molecular formula is C15H18N2. The van der Waals surface area contributed by atoms with Crippen LogP contribution in [-0.2, 0) is 7.05 Å². The second kappa shape index (κ2) is 5.48. The Hall–Kier alpha value is -1.83. The fourth-order valence-corrected chi connectivity index (χ4v) is 1.74. The van der Waals surface area contributed by atoms with Gasteiger partial charge in [-0.25, -0.2) is 4.98 Å². The van der Waals surface area contributed by atoms with Crippen LogP contribution >= 0.6 is 0 Å². The first kappa shape index (κ1) is 11.6. The van der Waals surface area contributed by atoms with E-state index in [9.17, 15) is 0 Å². The lowest BCUT2D eigenvalue weighted by Gasteiger charge is -1.92. The maximum absolute atomic E-state index is 4.63. The molecular weight excluding hydrogens is 208 g/mol. The summed E-state index contributed by atoms with van der Waals surface area (Å²) in [4.78, 5) is 4.63. The molecule has 0 saturated carbocycles. The maximum Gasteiger partial charge on any atom is 0.132 e. The van der Waals surface area contributed by atoms with Crippen molar-refractivity contribution in [1.82, 2.24) is 9.55 Å². The third kappa shape index (κ3) is 2.84. The first-order valence-corrected chi connectivity index (χ1v) is 6.06. The van der Waals surface area contributed by atoms with Gasteiger partial charge in [0.25, 0.3) is 0 Å². The monoisotopic (exact) mass is 226 g/mol. The lowest BCUT2D eigenvalue weighted by atomic mass is 10.2. The molecule has 0 bridgehead atoms. The van der Waals surface area contributed by atoms with Crippen LogP contribution in [0.1, 0.15) is 25.6 Å². The Morgan fingerprint density at radius 1 is 1.24 bits per heavy atom. The average molecular weight is 226 g/mol. The highest BCUT2D eigenvalue weighted by molar-refractivity contribution is 5.60. The molecule has 2 heteroatoms. The number of imidazole rings is 1. The molecule has 0 saturated heterocycles. The van der Waals surface area contributed by atoms with E-state index in [4.69, 9.17) is 0 Å². The number of aromatic nitrogens is 2. The zero-order valence-electron chi connectivity index (χ0n) is 10.4. The van der Waals surface area contributed by atoms with Gasteiger partial charge in [-0.3, -0.25) is 0 Å². The summed E-state index contributed by atoms with van der Waals surface area (Å²) >= 11 is 0. The smallest absolute Gasteiger partial charge is 0.132 e. The van der Waals surface area contributed by atoms with E-state index in [1.165, 1.54) is 12.0 Å². The molecule has 2 aromatic rings. The Labute approximate surface area is 103 Å². The van der Waals surface area contributed by atoms with Gasteiger partial charge in [0, 0.05) is 18.8 Å². The number of aryl methyl sites for hydroxylation is 1. The standard InChI is InChI=1S/C15H18N2/c1-3-4-6-11-15-16-14(12-17(15)2)13-9-7-5-8-10-13/h5-12H,3-4H2,1-2H3/b11-6+. The molecule has 0 unspecified atom stereocenters. The van der Waals surface area contributed by atoms with Crippen LogP contribution in [0.2, 0.25) is 0 Å². The van der Waals surface area contributed by atoms with Crippen LogP contribution in [0.3, 0.4) is 0 Å². The van der Waals surface area contributed by atoms with Gasteiger partial charge in [-0.15, -0.1) is 0 Å². The van der Waals surface area contributed by atoms with Gasteiger partial charge in [-0.05, 0) is 12.5 Å². The van der Waals surface area contributed by atoms with Gasteiger partial charge in [0.05, 0.1) is 5.69 Å². The Bertz CT molecular complexity index is 495. The van der Waals surface area contributed by atoms with Crippen LogP contribution < -0.4 is 0 Å². The molecule has 0 aliphatic heterocycles. The maximum atomic E-state index is 4.63. The highest BCUT2D eigenvalue weighted by Crippen LogP contribution is 2.18. The van der Waals surface area contributed by atoms with Crippen LogP contribution in [0.5, 0.6) is 0 Å². The molecule has 0 radical (unpaired) electrons. The fourth-order valence-electron chi connectivity index (χ4n) is 1.74. The molecule has 2 nitrogen and oxygen atoms in total. The molecule has 1 aromatic carbocycles. The first-order chi connectivity index (χ1) is 8.31. The Kier molecular flexibility index (Phi) is 3.76. The second-order valence-electron chi connectivity index (χ2n) is 4.15. The van der Waals surface area contributed by atoms with Crippen LogP contribution in [0.25, 0.3) is 17.3 Å². The number of hydrogen-bond donors (Lipinski definition) is 0. The first-order valence-electron chi connectivity index (χ1n) is 6.06. The minimum absolute atomic E-state index is 1.01. The summed E-state index contributed by atoms with van der Waals surface area (Å²) in [6.45, 7) is 2.18. The lowest BCUT2D eigenvalue weighted by molar-refractivity contribution is 0.894. The molecule has 0 amide bonds. The molecule has 2 rings (SSSR count). The summed E-state index contributed by atoms with van der Waals surface area (Å²) in [5, 5.41) is 0. The molecule has 0 aliphatic carbocycles. The van der Waals surface area contributed by atoms with Gasteiger partial charge in [0.15, 0.2) is 0 Å². The average Bonchev–Trinajstić information content (AvgIpc) is 2.73. The van der Waals surface area contributed by atoms with E-state index in [1.807, 2.05) is 25.2 Å². The van der Waals surface area contributed by atoms with Crippen molar-refractivity contribution in [2.75, 3.05) is 0 Å².